The van der Waals surface area contributed by atoms with Gasteiger partial charge in [0.15, 0.2) is 0 Å². The van der Waals surface area contributed by atoms with Gasteiger partial charge in [-0.1, -0.05) is 17.7 Å². The molecule has 0 spiro atoms. The Kier molecular flexibility index (Phi) is 4.24. The monoisotopic (exact) mass is 206 g/mol. The molecule has 0 unspecified atom stereocenters. The number of halogens is 3. The van der Waals surface area contributed by atoms with Crippen LogP contribution < -0.4 is 0 Å². The summed E-state index contributed by atoms with van der Waals surface area (Å²) >= 11 is 15.8. The van der Waals surface area contributed by atoms with Gasteiger partial charge in [-0.05, 0) is 29.4 Å². The first-order valence-electron chi connectivity index (χ1n) is 2.22. The lowest BCUT2D eigenvalue weighted by Gasteiger charge is -1.93. The van der Waals surface area contributed by atoms with Crippen molar-refractivity contribution in [1.29, 1.82) is 0 Å². The van der Waals surface area contributed by atoms with Gasteiger partial charge < -0.3 is 0 Å². The van der Waals surface area contributed by atoms with Crippen molar-refractivity contribution in [2.24, 2.45) is 0 Å². The number of allylic oxidation sites excluding steroid dienone is 2. The second kappa shape index (κ2) is 3.88. The third-order valence-corrected chi connectivity index (χ3v) is 2.18. The van der Waals surface area contributed by atoms with E-state index < -0.39 is 5.85 Å². The smallest absolute Gasteiger partial charge is 0.256 e. The first-order chi connectivity index (χ1) is 3.92. The summed E-state index contributed by atoms with van der Waals surface area (Å²) < 4.78 is 10.5. The highest BCUT2D eigenvalue weighted by atomic mass is 35.9. The molecule has 1 nitrogen and oxygen atoms in total. The topological polar surface area (TPSA) is 17.1 Å². The third kappa shape index (κ3) is 8.84. The Bertz CT molecular complexity index is 155. The molecular weight excluding hydrogens is 201 g/mol. The van der Waals surface area contributed by atoms with Gasteiger partial charge in [0.25, 0.3) is 5.85 Å². The zero-order chi connectivity index (χ0) is 7.49. The Labute approximate surface area is 68.9 Å². The van der Waals surface area contributed by atoms with E-state index >= 15 is 0 Å². The lowest BCUT2D eigenvalue weighted by molar-refractivity contribution is 0.594. The molecule has 0 aliphatic carbocycles. The van der Waals surface area contributed by atoms with E-state index in [1.807, 2.05) is 0 Å². The van der Waals surface area contributed by atoms with Crippen LogP contribution in [0.25, 0.3) is 0 Å². The normalized spacial score (nSPS) is 14.0. The van der Waals surface area contributed by atoms with Crippen molar-refractivity contribution in [3.8, 4) is 0 Å². The van der Waals surface area contributed by atoms with Crippen LogP contribution in [-0.4, -0.2) is 6.16 Å². The van der Waals surface area contributed by atoms with E-state index in [0.717, 1.165) is 0 Å². The number of rotatable bonds is 2. The Balaban J connectivity index is 3.79. The largest absolute Gasteiger partial charge is 0.289 e. The van der Waals surface area contributed by atoms with E-state index in [-0.39, 0.29) is 6.16 Å². The third-order valence-electron chi connectivity index (χ3n) is 0.585. The number of hydrogen-bond acceptors (Lipinski definition) is 1. The Hall–Kier alpha value is 0.840. The fourth-order valence-electron chi connectivity index (χ4n) is 0.232. The molecule has 5 heteroatoms. The first-order valence-corrected chi connectivity index (χ1v) is 6.30. The molecule has 0 saturated heterocycles. The Morgan fingerprint density at radius 2 is 2.11 bits per heavy atom. The molecule has 0 fully saturated rings. The highest BCUT2D eigenvalue weighted by Gasteiger charge is 2.09. The molecule has 0 aliphatic rings. The molecule has 0 rings (SSSR count). The predicted octanol–water partition coefficient (Wildman–Crippen LogP) is 3.80. The summed E-state index contributed by atoms with van der Waals surface area (Å²) in [7, 11) is 0. The Morgan fingerprint density at radius 1 is 1.67 bits per heavy atom. The van der Waals surface area contributed by atoms with Crippen LogP contribution in [0.15, 0.2) is 11.1 Å². The van der Waals surface area contributed by atoms with Gasteiger partial charge in [0.05, 0.1) is 0 Å². The maximum atomic E-state index is 10.5. The van der Waals surface area contributed by atoms with Crippen LogP contribution in [0.5, 0.6) is 0 Å². The van der Waals surface area contributed by atoms with E-state index in [1.165, 1.54) is 6.08 Å². The molecule has 0 aromatic rings. The van der Waals surface area contributed by atoms with Crippen molar-refractivity contribution in [2.75, 3.05) is 6.16 Å². The molecule has 9 heavy (non-hydrogen) atoms. The van der Waals surface area contributed by atoms with Crippen LogP contribution in [0.1, 0.15) is 6.92 Å². The minimum absolute atomic E-state index is 0.144. The van der Waals surface area contributed by atoms with Crippen molar-refractivity contribution in [2.45, 2.75) is 6.92 Å². The standard InChI is InChI=1S/C4H6Cl3OP/c1-4(5)2-3-9(6,7)8/h2H,3H2,1H3/b4-2+. The summed E-state index contributed by atoms with van der Waals surface area (Å²) in [5.41, 5.74) is 0. The van der Waals surface area contributed by atoms with Crippen molar-refractivity contribution in [3.05, 3.63) is 11.1 Å². The van der Waals surface area contributed by atoms with E-state index in [2.05, 4.69) is 0 Å². The minimum Gasteiger partial charge on any atom is -0.289 e. The maximum Gasteiger partial charge on any atom is 0.256 e. The van der Waals surface area contributed by atoms with Crippen molar-refractivity contribution in [1.82, 2.24) is 0 Å². The first kappa shape index (κ1) is 9.84. The fraction of sp³-hybridized carbons (Fsp3) is 0.500. The van der Waals surface area contributed by atoms with Gasteiger partial charge >= 0.3 is 0 Å². The van der Waals surface area contributed by atoms with Gasteiger partial charge in [0, 0.05) is 11.2 Å². The van der Waals surface area contributed by atoms with Crippen molar-refractivity contribution < 1.29 is 4.57 Å². The maximum absolute atomic E-state index is 10.5. The van der Waals surface area contributed by atoms with Crippen LogP contribution >= 0.6 is 39.9 Å². The lowest BCUT2D eigenvalue weighted by atomic mass is 10.6. The van der Waals surface area contributed by atoms with Crippen LogP contribution in [0, 0.1) is 0 Å². The van der Waals surface area contributed by atoms with E-state index in [4.69, 9.17) is 34.1 Å². The Morgan fingerprint density at radius 3 is 2.22 bits per heavy atom. The zero-order valence-electron chi connectivity index (χ0n) is 4.77. The SMILES string of the molecule is C/C(Cl)=C\CP(=O)(Cl)Cl. The van der Waals surface area contributed by atoms with Gasteiger partial charge in [-0.25, -0.2) is 0 Å². The van der Waals surface area contributed by atoms with Gasteiger partial charge in [-0.15, -0.1) is 0 Å². The van der Waals surface area contributed by atoms with Gasteiger partial charge in [-0.2, -0.15) is 0 Å². The van der Waals surface area contributed by atoms with E-state index in [0.29, 0.717) is 5.03 Å². The van der Waals surface area contributed by atoms with E-state index in [1.54, 1.807) is 6.92 Å². The molecule has 0 radical (unpaired) electrons. The lowest BCUT2D eigenvalue weighted by Crippen LogP contribution is -1.69. The molecule has 0 N–H and O–H groups in total. The van der Waals surface area contributed by atoms with Gasteiger partial charge in [0.1, 0.15) is 0 Å². The fourth-order valence-corrected chi connectivity index (χ4v) is 1.32. The summed E-state index contributed by atoms with van der Waals surface area (Å²) in [6.45, 7) is 1.67. The quantitative estimate of drug-likeness (QED) is 0.630. The summed E-state index contributed by atoms with van der Waals surface area (Å²) in [5, 5.41) is 0.552. The van der Waals surface area contributed by atoms with Crippen LogP contribution in [-0.2, 0) is 4.57 Å². The second-order valence-corrected chi connectivity index (χ2v) is 7.44. The van der Waals surface area contributed by atoms with Gasteiger partial charge in [-0.3, -0.25) is 4.57 Å². The molecule has 0 aliphatic heterocycles. The molecule has 0 saturated carbocycles. The van der Waals surface area contributed by atoms with Crippen LogP contribution in [0.4, 0.5) is 0 Å². The molecule has 0 atom stereocenters. The molecule has 0 amide bonds. The summed E-state index contributed by atoms with van der Waals surface area (Å²) in [6, 6.07) is 0. The summed E-state index contributed by atoms with van der Waals surface area (Å²) in [6.07, 6.45) is 1.67. The molecule has 0 aromatic carbocycles. The second-order valence-electron chi connectivity index (χ2n) is 1.54. The highest BCUT2D eigenvalue weighted by molar-refractivity contribution is 8.08. The van der Waals surface area contributed by atoms with Crippen molar-refractivity contribution >= 4 is 39.9 Å². The zero-order valence-corrected chi connectivity index (χ0v) is 7.94. The average molecular weight is 207 g/mol. The molecule has 0 aromatic heterocycles. The average Bonchev–Trinajstić information content (AvgIpc) is 1.59. The molecule has 0 heterocycles. The van der Waals surface area contributed by atoms with Crippen molar-refractivity contribution in [3.63, 3.8) is 0 Å². The van der Waals surface area contributed by atoms with Crippen LogP contribution in [0.3, 0.4) is 0 Å². The van der Waals surface area contributed by atoms with E-state index in [9.17, 15) is 4.57 Å². The highest BCUT2D eigenvalue weighted by Crippen LogP contribution is 2.56. The summed E-state index contributed by atoms with van der Waals surface area (Å²) in [4.78, 5) is 0. The summed E-state index contributed by atoms with van der Waals surface area (Å²) in [5.74, 6) is -2.94. The number of hydrogen-bond donors (Lipinski definition) is 0. The molecular formula is C4H6Cl3OP. The van der Waals surface area contributed by atoms with Gasteiger partial charge in [0.2, 0.25) is 0 Å². The molecule has 54 valence electrons. The predicted molar refractivity (Wildman–Crippen MR) is 43.8 cm³/mol. The van der Waals surface area contributed by atoms with Crippen LogP contribution in [0.2, 0.25) is 0 Å². The minimum atomic E-state index is -2.94. The molecule has 0 bridgehead atoms.